The van der Waals surface area contributed by atoms with E-state index < -0.39 is 33.6 Å². The van der Waals surface area contributed by atoms with Crippen molar-refractivity contribution in [3.05, 3.63) is 41.8 Å². The highest BCUT2D eigenvalue weighted by Gasteiger charge is 2.48. The van der Waals surface area contributed by atoms with Gasteiger partial charge in [0.05, 0.1) is 11.0 Å². The van der Waals surface area contributed by atoms with Crippen molar-refractivity contribution >= 4 is 15.8 Å². The Morgan fingerprint density at radius 3 is 2.25 bits per heavy atom. The number of sulfone groups is 1. The van der Waals surface area contributed by atoms with Gasteiger partial charge in [-0.3, -0.25) is 4.79 Å². The van der Waals surface area contributed by atoms with E-state index in [1.54, 1.807) is 32.0 Å². The number of esters is 1. The molecule has 1 saturated heterocycles. The number of cyclic esters (lactones) is 1. The third-order valence-corrected chi connectivity index (χ3v) is 5.62. The van der Waals surface area contributed by atoms with Crippen LogP contribution >= 0.6 is 0 Å². The monoisotopic (exact) mass is 352 g/mol. The number of rotatable bonds is 3. The van der Waals surface area contributed by atoms with Crippen molar-refractivity contribution in [3.8, 4) is 0 Å². The van der Waals surface area contributed by atoms with E-state index in [1.165, 1.54) is 18.2 Å². The van der Waals surface area contributed by atoms with Crippen molar-refractivity contribution < 1.29 is 22.7 Å². The fourth-order valence-electron chi connectivity index (χ4n) is 2.25. The molecule has 0 aromatic heterocycles. The number of carbonyl (C=O) groups excluding carboxylic acids is 1. The first-order chi connectivity index (χ1) is 11.0. The molecule has 1 aromatic carbocycles. The summed E-state index contributed by atoms with van der Waals surface area (Å²) in [4.78, 5) is 12.7. The number of hydrogen-bond acceptors (Lipinski definition) is 5. The standard InChI is InChI=1S/C18H24O5S/c1-13-18(5,15(19)23-16(22-13)17(2,3)4)11-12-24(20,21)14-9-7-6-8-10-14/h6-13,16H,1-5H3/b12-11-/t13-,16-,18+/m0/s1. The van der Waals surface area contributed by atoms with Crippen LogP contribution in [0.4, 0.5) is 0 Å². The van der Waals surface area contributed by atoms with Crippen LogP contribution in [0, 0.1) is 10.8 Å². The third kappa shape index (κ3) is 3.70. The lowest BCUT2D eigenvalue weighted by atomic mass is 9.83. The van der Waals surface area contributed by atoms with E-state index >= 15 is 0 Å². The number of ether oxygens (including phenoxy) is 2. The summed E-state index contributed by atoms with van der Waals surface area (Å²) in [7, 11) is -3.63. The fourth-order valence-corrected chi connectivity index (χ4v) is 3.40. The van der Waals surface area contributed by atoms with Gasteiger partial charge in [-0.15, -0.1) is 0 Å². The second-order valence-corrected chi connectivity index (χ2v) is 9.16. The lowest BCUT2D eigenvalue weighted by Gasteiger charge is -2.43. The van der Waals surface area contributed by atoms with Gasteiger partial charge < -0.3 is 9.47 Å². The summed E-state index contributed by atoms with van der Waals surface area (Å²) < 4.78 is 36.0. The molecule has 1 aromatic rings. The van der Waals surface area contributed by atoms with Gasteiger partial charge in [-0.1, -0.05) is 45.0 Å². The molecule has 1 heterocycles. The van der Waals surface area contributed by atoms with E-state index in [1.807, 2.05) is 20.8 Å². The smallest absolute Gasteiger partial charge is 0.320 e. The SMILES string of the molecule is C[C@@H]1O[C@H](C(C)(C)C)OC(=O)[C@]1(C)/C=C\S(=O)(=O)c1ccccc1. The highest BCUT2D eigenvalue weighted by Crippen LogP contribution is 2.38. The molecule has 132 valence electrons. The molecule has 0 amide bonds. The van der Waals surface area contributed by atoms with Crippen molar-refractivity contribution in [2.45, 2.75) is 51.9 Å². The predicted octanol–water partition coefficient (Wildman–Crippen LogP) is 3.31. The van der Waals surface area contributed by atoms with E-state index in [9.17, 15) is 13.2 Å². The zero-order valence-electron chi connectivity index (χ0n) is 14.6. The minimum atomic E-state index is -3.63. The van der Waals surface area contributed by atoms with Gasteiger partial charge in [0.15, 0.2) is 9.84 Å². The minimum Gasteiger partial charge on any atom is -0.434 e. The molecule has 0 saturated carbocycles. The summed E-state index contributed by atoms with van der Waals surface area (Å²) in [6.07, 6.45) is 0.193. The van der Waals surface area contributed by atoms with Gasteiger partial charge in [-0.2, -0.15) is 0 Å². The minimum absolute atomic E-state index is 0.176. The van der Waals surface area contributed by atoms with E-state index in [0.717, 1.165) is 5.41 Å². The molecule has 6 heteroatoms. The Kier molecular flexibility index (Phi) is 4.93. The topological polar surface area (TPSA) is 69.7 Å². The first-order valence-corrected chi connectivity index (χ1v) is 9.37. The predicted molar refractivity (Wildman–Crippen MR) is 90.8 cm³/mol. The molecule has 2 rings (SSSR count). The molecule has 0 spiro atoms. The summed E-state index contributed by atoms with van der Waals surface area (Å²) in [5.74, 6) is -0.485. The largest absolute Gasteiger partial charge is 0.434 e. The fraction of sp³-hybridized carbons (Fsp3) is 0.500. The highest BCUT2D eigenvalue weighted by atomic mass is 32.2. The highest BCUT2D eigenvalue weighted by molar-refractivity contribution is 7.94. The van der Waals surface area contributed by atoms with Gasteiger partial charge in [0.2, 0.25) is 6.29 Å². The molecular weight excluding hydrogens is 328 g/mol. The Balaban J connectivity index is 2.27. The Morgan fingerprint density at radius 1 is 1.17 bits per heavy atom. The van der Waals surface area contributed by atoms with Crippen LogP contribution in [0.15, 0.2) is 46.7 Å². The molecule has 0 bridgehead atoms. The summed E-state index contributed by atoms with van der Waals surface area (Å²) in [6.45, 7) is 9.11. The summed E-state index contributed by atoms with van der Waals surface area (Å²) in [5.41, 5.74) is -1.52. The first kappa shape index (κ1) is 18.7. The number of benzene rings is 1. The quantitative estimate of drug-likeness (QED) is 0.781. The first-order valence-electron chi connectivity index (χ1n) is 7.83. The van der Waals surface area contributed by atoms with Crippen molar-refractivity contribution in [1.29, 1.82) is 0 Å². The van der Waals surface area contributed by atoms with E-state index in [4.69, 9.17) is 9.47 Å². The molecule has 1 aliphatic rings. The summed E-state index contributed by atoms with van der Waals surface area (Å²) in [6, 6.07) is 8.06. The second kappa shape index (κ2) is 6.33. The van der Waals surface area contributed by atoms with Crippen molar-refractivity contribution in [3.63, 3.8) is 0 Å². The average molecular weight is 352 g/mol. The van der Waals surface area contributed by atoms with Gasteiger partial charge in [0.1, 0.15) is 5.41 Å². The second-order valence-electron chi connectivity index (χ2n) is 7.33. The van der Waals surface area contributed by atoms with Crippen LogP contribution in [-0.2, 0) is 24.1 Å². The Hall–Kier alpha value is -1.66. The molecule has 0 unspecified atom stereocenters. The van der Waals surface area contributed by atoms with Crippen molar-refractivity contribution in [2.75, 3.05) is 0 Å². The van der Waals surface area contributed by atoms with Crippen LogP contribution in [0.5, 0.6) is 0 Å². The Bertz CT molecular complexity index is 730. The van der Waals surface area contributed by atoms with Crippen LogP contribution < -0.4 is 0 Å². The van der Waals surface area contributed by atoms with Gasteiger partial charge in [-0.25, -0.2) is 8.42 Å². The lowest BCUT2D eigenvalue weighted by Crippen LogP contribution is -2.52. The number of hydrogen-bond donors (Lipinski definition) is 0. The summed E-state index contributed by atoms with van der Waals surface area (Å²) >= 11 is 0. The molecule has 24 heavy (non-hydrogen) atoms. The van der Waals surface area contributed by atoms with Crippen LogP contribution in [0.2, 0.25) is 0 Å². The van der Waals surface area contributed by atoms with Crippen molar-refractivity contribution in [1.82, 2.24) is 0 Å². The van der Waals surface area contributed by atoms with E-state index in [-0.39, 0.29) is 10.3 Å². The van der Waals surface area contributed by atoms with E-state index in [0.29, 0.717) is 0 Å². The van der Waals surface area contributed by atoms with Gasteiger partial charge in [-0.05, 0) is 26.0 Å². The maximum absolute atomic E-state index is 12.5. The van der Waals surface area contributed by atoms with Gasteiger partial charge in [0, 0.05) is 10.8 Å². The molecule has 0 aliphatic carbocycles. The normalized spacial score (nSPS) is 28.8. The zero-order chi connectivity index (χ0) is 18.2. The van der Waals surface area contributed by atoms with E-state index in [2.05, 4.69) is 0 Å². The van der Waals surface area contributed by atoms with Crippen molar-refractivity contribution in [2.24, 2.45) is 10.8 Å². The van der Waals surface area contributed by atoms with Crippen LogP contribution in [-0.4, -0.2) is 26.8 Å². The van der Waals surface area contributed by atoms with Gasteiger partial charge >= 0.3 is 5.97 Å². The maximum Gasteiger partial charge on any atom is 0.320 e. The number of carbonyl (C=O) groups is 1. The molecule has 1 fully saturated rings. The molecule has 3 atom stereocenters. The third-order valence-electron chi connectivity index (χ3n) is 4.20. The van der Waals surface area contributed by atoms with Crippen LogP contribution in [0.3, 0.4) is 0 Å². The zero-order valence-corrected chi connectivity index (χ0v) is 15.5. The Labute approximate surface area is 143 Å². The average Bonchev–Trinajstić information content (AvgIpc) is 2.50. The maximum atomic E-state index is 12.5. The molecule has 5 nitrogen and oxygen atoms in total. The summed E-state index contributed by atoms with van der Waals surface area (Å²) in [5, 5.41) is 1.06. The van der Waals surface area contributed by atoms with Gasteiger partial charge in [0.25, 0.3) is 0 Å². The molecular formula is C18H24O5S. The Morgan fingerprint density at radius 2 is 1.75 bits per heavy atom. The lowest BCUT2D eigenvalue weighted by molar-refractivity contribution is -0.263. The molecule has 0 N–H and O–H groups in total. The molecule has 0 radical (unpaired) electrons. The molecule has 1 aliphatic heterocycles. The van der Waals surface area contributed by atoms with Crippen LogP contribution in [0.1, 0.15) is 34.6 Å². The van der Waals surface area contributed by atoms with Crippen LogP contribution in [0.25, 0.3) is 0 Å².